The summed E-state index contributed by atoms with van der Waals surface area (Å²) in [5.41, 5.74) is 4.41. The lowest BCUT2D eigenvalue weighted by Crippen LogP contribution is -2.35. The summed E-state index contributed by atoms with van der Waals surface area (Å²) in [6.45, 7) is 1.10. The minimum atomic E-state index is -3.52. The highest BCUT2D eigenvalue weighted by Gasteiger charge is 2.26. The lowest BCUT2D eigenvalue weighted by atomic mass is 10.0. The SMILES string of the molecule is O=C(Nc1nc(-c2ccc(-c3ccccc3)cc2)cs1)c1ccc(S(=O)(=O)N2CCCCC2)cc1. The van der Waals surface area contributed by atoms with E-state index in [2.05, 4.69) is 34.6 Å². The highest BCUT2D eigenvalue weighted by Crippen LogP contribution is 2.28. The predicted molar refractivity (Wildman–Crippen MR) is 140 cm³/mol. The average Bonchev–Trinajstić information content (AvgIpc) is 3.38. The number of piperidine rings is 1. The van der Waals surface area contributed by atoms with Crippen molar-refractivity contribution in [2.24, 2.45) is 0 Å². The number of thiazole rings is 1. The molecule has 35 heavy (non-hydrogen) atoms. The molecule has 5 rings (SSSR count). The molecule has 178 valence electrons. The highest BCUT2D eigenvalue weighted by atomic mass is 32.2. The minimum absolute atomic E-state index is 0.214. The minimum Gasteiger partial charge on any atom is -0.298 e. The number of aromatic nitrogens is 1. The van der Waals surface area contributed by atoms with Crippen LogP contribution in [0.4, 0.5) is 5.13 Å². The largest absolute Gasteiger partial charge is 0.298 e. The molecule has 0 atom stereocenters. The fourth-order valence-corrected chi connectivity index (χ4v) is 6.36. The predicted octanol–water partition coefficient (Wildman–Crippen LogP) is 5.90. The standard InChI is InChI=1S/C27H25N3O3S2/c31-26(23-13-15-24(16-14-23)35(32,33)30-17-5-2-6-18-30)29-27-28-25(19-34-27)22-11-9-21(10-12-22)20-7-3-1-4-8-20/h1,3-4,7-16,19H,2,5-6,17-18H2,(H,28,29,31). The van der Waals surface area contributed by atoms with Crippen molar-refractivity contribution in [3.63, 3.8) is 0 Å². The van der Waals surface area contributed by atoms with Gasteiger partial charge in [-0.25, -0.2) is 13.4 Å². The Balaban J connectivity index is 1.25. The first-order chi connectivity index (χ1) is 17.0. The molecule has 1 aromatic heterocycles. The van der Waals surface area contributed by atoms with Gasteiger partial charge in [-0.1, -0.05) is 61.0 Å². The quantitative estimate of drug-likeness (QED) is 0.355. The fraction of sp³-hybridized carbons (Fsp3) is 0.185. The Bertz CT molecular complexity index is 1410. The number of hydrogen-bond donors (Lipinski definition) is 1. The van der Waals surface area contributed by atoms with Crippen molar-refractivity contribution in [2.75, 3.05) is 18.4 Å². The van der Waals surface area contributed by atoms with E-state index in [1.807, 2.05) is 35.7 Å². The second-order valence-electron chi connectivity index (χ2n) is 8.42. The molecular formula is C27H25N3O3S2. The van der Waals surface area contributed by atoms with Gasteiger partial charge in [0.1, 0.15) is 0 Å². The molecule has 1 fully saturated rings. The van der Waals surface area contributed by atoms with Crippen molar-refractivity contribution >= 4 is 32.4 Å². The lowest BCUT2D eigenvalue weighted by molar-refractivity contribution is 0.102. The van der Waals surface area contributed by atoms with Crippen molar-refractivity contribution < 1.29 is 13.2 Å². The maximum Gasteiger partial charge on any atom is 0.257 e. The summed E-state index contributed by atoms with van der Waals surface area (Å²) in [5.74, 6) is -0.327. The van der Waals surface area contributed by atoms with Crippen LogP contribution in [0.25, 0.3) is 22.4 Å². The molecule has 0 spiro atoms. The number of nitrogens with one attached hydrogen (secondary N) is 1. The Hall–Kier alpha value is -3.33. The van der Waals surface area contributed by atoms with Crippen molar-refractivity contribution in [1.29, 1.82) is 0 Å². The number of sulfonamides is 1. The summed E-state index contributed by atoms with van der Waals surface area (Å²) in [4.78, 5) is 17.5. The number of rotatable bonds is 6. The van der Waals surface area contributed by atoms with Crippen LogP contribution < -0.4 is 5.32 Å². The van der Waals surface area contributed by atoms with Crippen LogP contribution >= 0.6 is 11.3 Å². The Morgan fingerprint density at radius 1 is 0.800 bits per heavy atom. The molecule has 0 unspecified atom stereocenters. The Morgan fingerprint density at radius 2 is 1.43 bits per heavy atom. The van der Waals surface area contributed by atoms with Crippen LogP contribution in [0.1, 0.15) is 29.6 Å². The smallest absolute Gasteiger partial charge is 0.257 e. The van der Waals surface area contributed by atoms with Crippen molar-refractivity contribution in [1.82, 2.24) is 9.29 Å². The van der Waals surface area contributed by atoms with Gasteiger partial charge in [-0.2, -0.15) is 4.31 Å². The molecule has 1 aliphatic heterocycles. The Kier molecular flexibility index (Phi) is 6.77. The summed E-state index contributed by atoms with van der Waals surface area (Å²) in [6.07, 6.45) is 2.82. The fourth-order valence-electron chi connectivity index (χ4n) is 4.13. The van der Waals surface area contributed by atoms with Crippen molar-refractivity contribution in [3.8, 4) is 22.4 Å². The third-order valence-corrected chi connectivity index (χ3v) is 8.75. The van der Waals surface area contributed by atoms with Gasteiger partial charge >= 0.3 is 0 Å². The Labute approximate surface area is 209 Å². The molecule has 3 aromatic carbocycles. The van der Waals surface area contributed by atoms with E-state index >= 15 is 0 Å². The van der Waals surface area contributed by atoms with Gasteiger partial charge in [0.2, 0.25) is 10.0 Å². The zero-order valence-corrected chi connectivity index (χ0v) is 20.7. The van der Waals surface area contributed by atoms with Crippen molar-refractivity contribution in [2.45, 2.75) is 24.2 Å². The van der Waals surface area contributed by atoms with Gasteiger partial charge in [0, 0.05) is 29.6 Å². The summed E-state index contributed by atoms with van der Waals surface area (Å²) in [5, 5.41) is 5.21. The van der Waals surface area contributed by atoms with Gasteiger partial charge in [-0.3, -0.25) is 10.1 Å². The van der Waals surface area contributed by atoms with E-state index in [0.717, 1.165) is 41.6 Å². The van der Waals surface area contributed by atoms with E-state index in [0.29, 0.717) is 23.8 Å². The molecule has 1 amide bonds. The maximum absolute atomic E-state index is 12.8. The van der Waals surface area contributed by atoms with Crippen LogP contribution in [-0.4, -0.2) is 36.7 Å². The van der Waals surface area contributed by atoms with E-state index in [9.17, 15) is 13.2 Å². The van der Waals surface area contributed by atoms with Gasteiger partial charge in [0.25, 0.3) is 5.91 Å². The molecule has 0 radical (unpaired) electrons. The van der Waals surface area contributed by atoms with E-state index in [1.165, 1.54) is 27.8 Å². The molecular weight excluding hydrogens is 478 g/mol. The molecule has 1 saturated heterocycles. The number of amides is 1. The number of nitrogens with zero attached hydrogens (tertiary/aromatic N) is 2. The van der Waals surface area contributed by atoms with Gasteiger partial charge in [-0.15, -0.1) is 11.3 Å². The zero-order chi connectivity index (χ0) is 24.3. The van der Waals surface area contributed by atoms with Gasteiger partial charge < -0.3 is 0 Å². The molecule has 1 N–H and O–H groups in total. The summed E-state index contributed by atoms with van der Waals surface area (Å²) < 4.78 is 27.2. The molecule has 4 aromatic rings. The number of benzene rings is 3. The first-order valence-electron chi connectivity index (χ1n) is 11.5. The van der Waals surface area contributed by atoms with E-state index in [-0.39, 0.29) is 10.8 Å². The van der Waals surface area contributed by atoms with Crippen LogP contribution in [0, 0.1) is 0 Å². The molecule has 0 aliphatic carbocycles. The van der Waals surface area contributed by atoms with Gasteiger partial charge in [-0.05, 0) is 48.2 Å². The topological polar surface area (TPSA) is 79.4 Å². The highest BCUT2D eigenvalue weighted by molar-refractivity contribution is 7.89. The summed E-state index contributed by atoms with van der Waals surface area (Å²) in [7, 11) is -3.52. The number of carbonyl (C=O) groups is 1. The molecule has 0 saturated carbocycles. The van der Waals surface area contributed by atoms with Gasteiger partial charge in [0.05, 0.1) is 10.6 Å². The monoisotopic (exact) mass is 503 g/mol. The maximum atomic E-state index is 12.8. The molecule has 8 heteroatoms. The second-order valence-corrected chi connectivity index (χ2v) is 11.2. The molecule has 1 aliphatic rings. The number of anilines is 1. The van der Waals surface area contributed by atoms with Crippen molar-refractivity contribution in [3.05, 3.63) is 89.8 Å². The molecule has 6 nitrogen and oxygen atoms in total. The van der Waals surface area contributed by atoms with Crippen LogP contribution in [0.5, 0.6) is 0 Å². The third-order valence-electron chi connectivity index (χ3n) is 6.08. The third kappa shape index (κ3) is 5.19. The van der Waals surface area contributed by atoms with Crippen LogP contribution in [-0.2, 0) is 10.0 Å². The van der Waals surface area contributed by atoms with Crippen LogP contribution in [0.2, 0.25) is 0 Å². The van der Waals surface area contributed by atoms with Gasteiger partial charge in [0.15, 0.2) is 5.13 Å². The van der Waals surface area contributed by atoms with Crippen LogP contribution in [0.3, 0.4) is 0 Å². The average molecular weight is 504 g/mol. The first-order valence-corrected chi connectivity index (χ1v) is 13.9. The zero-order valence-electron chi connectivity index (χ0n) is 19.1. The summed E-state index contributed by atoms with van der Waals surface area (Å²) >= 11 is 1.35. The Morgan fingerprint density at radius 3 is 2.11 bits per heavy atom. The summed E-state index contributed by atoms with van der Waals surface area (Å²) in [6, 6.07) is 24.4. The molecule has 2 heterocycles. The van der Waals surface area contributed by atoms with E-state index in [1.54, 1.807) is 12.1 Å². The van der Waals surface area contributed by atoms with E-state index in [4.69, 9.17) is 0 Å². The first kappa shape index (κ1) is 23.4. The second kappa shape index (κ2) is 10.1. The van der Waals surface area contributed by atoms with E-state index < -0.39 is 10.0 Å². The van der Waals surface area contributed by atoms with Crippen LogP contribution in [0.15, 0.2) is 89.1 Å². The molecule has 0 bridgehead atoms. The normalized spacial score (nSPS) is 14.5. The number of carbonyl (C=O) groups excluding carboxylic acids is 1. The lowest BCUT2D eigenvalue weighted by Gasteiger charge is -2.25. The number of hydrogen-bond acceptors (Lipinski definition) is 5.